The Morgan fingerprint density at radius 2 is 1.76 bits per heavy atom. The second-order valence-electron chi connectivity index (χ2n) is 5.44. The van der Waals surface area contributed by atoms with Crippen LogP contribution in [0.5, 0.6) is 0 Å². The number of fused-ring (bicyclic) bond motifs is 1. The number of benzene rings is 2. The number of carbonyl (C=O) groups excluding carboxylic acids is 2. The van der Waals surface area contributed by atoms with Gasteiger partial charge in [-0.25, -0.2) is 9.18 Å². The van der Waals surface area contributed by atoms with Crippen LogP contribution in [0.4, 0.5) is 15.8 Å². The Kier molecular flexibility index (Phi) is 4.10. The van der Waals surface area contributed by atoms with Crippen molar-refractivity contribution in [1.82, 2.24) is 4.57 Å². The average Bonchev–Trinajstić information content (AvgIpc) is 2.83. The highest BCUT2D eigenvalue weighted by atomic mass is 19.1. The first-order valence-corrected chi connectivity index (χ1v) is 7.33. The predicted octanol–water partition coefficient (Wildman–Crippen LogP) is 2.48. The van der Waals surface area contributed by atoms with Gasteiger partial charge in [-0.1, -0.05) is 0 Å². The van der Waals surface area contributed by atoms with E-state index in [9.17, 15) is 18.8 Å². The molecule has 0 aliphatic heterocycles. The molecule has 2 amide bonds. The molecule has 0 aliphatic rings. The Balaban J connectivity index is 1.89. The molecule has 128 valence electrons. The largest absolute Gasteiger partial charge is 0.419 e. The number of carbonyl (C=O) groups is 2. The lowest BCUT2D eigenvalue weighted by Crippen LogP contribution is -2.15. The van der Waals surface area contributed by atoms with Gasteiger partial charge in [0.25, 0.3) is 5.91 Å². The number of nitrogens with zero attached hydrogens (tertiary/aromatic N) is 1. The van der Waals surface area contributed by atoms with E-state index in [1.54, 1.807) is 19.2 Å². The second-order valence-corrected chi connectivity index (χ2v) is 5.44. The number of halogens is 1. The number of nitrogens with one attached hydrogen (secondary N) is 2. The van der Waals surface area contributed by atoms with Crippen molar-refractivity contribution in [2.75, 3.05) is 10.6 Å². The fourth-order valence-electron chi connectivity index (χ4n) is 2.39. The number of amides is 2. The zero-order chi connectivity index (χ0) is 18.1. The van der Waals surface area contributed by atoms with Crippen LogP contribution >= 0.6 is 0 Å². The maximum atomic E-state index is 13.9. The van der Waals surface area contributed by atoms with Gasteiger partial charge < -0.3 is 15.1 Å². The topological polar surface area (TPSA) is 93.3 Å². The molecule has 0 atom stereocenters. The molecule has 0 fully saturated rings. The summed E-state index contributed by atoms with van der Waals surface area (Å²) in [5.41, 5.74) is 1.31. The van der Waals surface area contributed by atoms with E-state index in [2.05, 4.69) is 10.6 Å². The van der Waals surface area contributed by atoms with Crippen LogP contribution in [0, 0.1) is 5.82 Å². The number of rotatable bonds is 3. The maximum Gasteiger partial charge on any atom is 0.419 e. The van der Waals surface area contributed by atoms with Crippen LogP contribution in [0.3, 0.4) is 0 Å². The van der Waals surface area contributed by atoms with E-state index in [0.717, 1.165) is 6.07 Å². The molecule has 2 N–H and O–H groups in total. The normalized spacial score (nSPS) is 10.7. The summed E-state index contributed by atoms with van der Waals surface area (Å²) in [6.07, 6.45) is 0. The summed E-state index contributed by atoms with van der Waals surface area (Å²) in [7, 11) is 1.56. The third-order valence-corrected chi connectivity index (χ3v) is 3.58. The quantitative estimate of drug-likeness (QED) is 0.764. The minimum atomic E-state index is -0.723. The molecule has 0 spiro atoms. The fourth-order valence-corrected chi connectivity index (χ4v) is 2.39. The van der Waals surface area contributed by atoms with Gasteiger partial charge in [0, 0.05) is 31.4 Å². The molecule has 1 aromatic heterocycles. The van der Waals surface area contributed by atoms with Gasteiger partial charge in [-0.05, 0) is 30.3 Å². The van der Waals surface area contributed by atoms with Crippen LogP contribution in [0.1, 0.15) is 17.3 Å². The molecular weight excluding hydrogens is 329 g/mol. The summed E-state index contributed by atoms with van der Waals surface area (Å²) in [5.74, 6) is -2.27. The molecule has 3 aromatic rings. The first kappa shape index (κ1) is 16.4. The van der Waals surface area contributed by atoms with E-state index < -0.39 is 17.5 Å². The molecular formula is C17H14FN3O4. The summed E-state index contributed by atoms with van der Waals surface area (Å²) >= 11 is 0. The average molecular weight is 343 g/mol. The number of aromatic nitrogens is 1. The Morgan fingerprint density at radius 1 is 1.08 bits per heavy atom. The Morgan fingerprint density at radius 3 is 2.48 bits per heavy atom. The molecule has 25 heavy (non-hydrogen) atoms. The number of hydrogen-bond donors (Lipinski definition) is 2. The van der Waals surface area contributed by atoms with Crippen molar-refractivity contribution in [3.63, 3.8) is 0 Å². The van der Waals surface area contributed by atoms with Gasteiger partial charge in [0.1, 0.15) is 5.82 Å². The standard InChI is InChI=1S/C17H14FN3O4/c1-9(22)19-10-3-5-13(18)12(7-10)16(23)20-11-4-6-14-15(8-11)25-17(24)21(14)2/h3-8H,1-2H3,(H,19,22)(H,20,23). The highest BCUT2D eigenvalue weighted by Gasteiger charge is 2.14. The van der Waals surface area contributed by atoms with Crippen molar-refractivity contribution in [2.24, 2.45) is 7.05 Å². The molecule has 0 radical (unpaired) electrons. The molecule has 0 bridgehead atoms. The van der Waals surface area contributed by atoms with Crippen LogP contribution in [0.15, 0.2) is 45.6 Å². The lowest BCUT2D eigenvalue weighted by Gasteiger charge is -2.08. The zero-order valence-corrected chi connectivity index (χ0v) is 13.4. The Bertz CT molecular complexity index is 1050. The van der Waals surface area contributed by atoms with Crippen LogP contribution in [0.25, 0.3) is 11.1 Å². The number of hydrogen-bond acceptors (Lipinski definition) is 4. The first-order chi connectivity index (χ1) is 11.8. The number of aryl methyl sites for hydroxylation is 1. The minimum absolute atomic E-state index is 0.221. The highest BCUT2D eigenvalue weighted by Crippen LogP contribution is 2.20. The molecule has 8 heteroatoms. The summed E-state index contributed by atoms with van der Waals surface area (Å²) in [6.45, 7) is 1.31. The predicted molar refractivity (Wildman–Crippen MR) is 90.1 cm³/mol. The second kappa shape index (κ2) is 6.23. The van der Waals surface area contributed by atoms with Gasteiger partial charge in [-0.15, -0.1) is 0 Å². The van der Waals surface area contributed by atoms with Crippen molar-refractivity contribution in [3.05, 3.63) is 58.3 Å². The van der Waals surface area contributed by atoms with Gasteiger partial charge in [0.15, 0.2) is 5.58 Å². The van der Waals surface area contributed by atoms with Crippen LogP contribution in [-0.2, 0) is 11.8 Å². The van der Waals surface area contributed by atoms with Crippen molar-refractivity contribution in [1.29, 1.82) is 0 Å². The van der Waals surface area contributed by atoms with Crippen LogP contribution < -0.4 is 16.4 Å². The molecule has 0 aliphatic carbocycles. The molecule has 3 rings (SSSR count). The zero-order valence-electron chi connectivity index (χ0n) is 13.4. The van der Waals surface area contributed by atoms with Crippen molar-refractivity contribution < 1.29 is 18.4 Å². The van der Waals surface area contributed by atoms with E-state index in [-0.39, 0.29) is 11.5 Å². The summed E-state index contributed by atoms with van der Waals surface area (Å²) < 4.78 is 20.3. The first-order valence-electron chi connectivity index (χ1n) is 7.33. The highest BCUT2D eigenvalue weighted by molar-refractivity contribution is 6.06. The van der Waals surface area contributed by atoms with Gasteiger partial charge in [-0.2, -0.15) is 0 Å². The Hall–Kier alpha value is -3.42. The van der Waals surface area contributed by atoms with E-state index >= 15 is 0 Å². The molecule has 0 saturated carbocycles. The lowest BCUT2D eigenvalue weighted by atomic mass is 10.1. The summed E-state index contributed by atoms with van der Waals surface area (Å²) in [4.78, 5) is 34.9. The monoisotopic (exact) mass is 343 g/mol. The van der Waals surface area contributed by atoms with E-state index in [4.69, 9.17) is 4.42 Å². The van der Waals surface area contributed by atoms with Crippen LogP contribution in [-0.4, -0.2) is 16.4 Å². The third kappa shape index (κ3) is 3.27. The number of oxazole rings is 1. The summed E-state index contributed by atoms with van der Waals surface area (Å²) in [5, 5.41) is 5.02. The van der Waals surface area contributed by atoms with Gasteiger partial charge in [-0.3, -0.25) is 14.2 Å². The fraction of sp³-hybridized carbons (Fsp3) is 0.118. The Labute approximate surface area is 141 Å². The molecule has 0 unspecified atom stereocenters. The smallest absolute Gasteiger partial charge is 0.408 e. The van der Waals surface area contributed by atoms with Crippen molar-refractivity contribution in [3.8, 4) is 0 Å². The van der Waals surface area contributed by atoms with E-state index in [0.29, 0.717) is 22.5 Å². The van der Waals surface area contributed by atoms with E-state index in [1.807, 2.05) is 0 Å². The molecule has 7 nitrogen and oxygen atoms in total. The molecule has 0 saturated heterocycles. The van der Waals surface area contributed by atoms with Gasteiger partial charge >= 0.3 is 5.76 Å². The number of anilines is 2. The maximum absolute atomic E-state index is 13.9. The van der Waals surface area contributed by atoms with Crippen molar-refractivity contribution >= 4 is 34.3 Å². The SMILES string of the molecule is CC(=O)Nc1ccc(F)c(C(=O)Nc2ccc3c(c2)oc(=O)n3C)c1. The van der Waals surface area contributed by atoms with E-state index in [1.165, 1.54) is 29.7 Å². The summed E-state index contributed by atoms with van der Waals surface area (Å²) in [6, 6.07) is 8.36. The van der Waals surface area contributed by atoms with Gasteiger partial charge in [0.2, 0.25) is 5.91 Å². The van der Waals surface area contributed by atoms with Gasteiger partial charge in [0.05, 0.1) is 11.1 Å². The van der Waals surface area contributed by atoms with Crippen LogP contribution in [0.2, 0.25) is 0 Å². The minimum Gasteiger partial charge on any atom is -0.408 e. The molecule has 2 aromatic carbocycles. The van der Waals surface area contributed by atoms with Crippen molar-refractivity contribution in [2.45, 2.75) is 6.92 Å². The lowest BCUT2D eigenvalue weighted by molar-refractivity contribution is -0.114. The third-order valence-electron chi connectivity index (χ3n) is 3.58. The molecule has 1 heterocycles.